The smallest absolute Gasteiger partial charge is 0.288 e. The van der Waals surface area contributed by atoms with E-state index in [4.69, 9.17) is 28.6 Å². The van der Waals surface area contributed by atoms with Crippen molar-refractivity contribution in [2.24, 2.45) is 0 Å². The van der Waals surface area contributed by atoms with Crippen LogP contribution in [-0.2, 0) is 0 Å². The fraction of sp³-hybridized carbons (Fsp3) is 0.222. The third-order valence-corrected chi connectivity index (χ3v) is 2.44. The second kappa shape index (κ2) is 5.09. The van der Waals surface area contributed by atoms with Crippen LogP contribution in [0.3, 0.4) is 0 Å². The lowest BCUT2D eigenvalue weighted by Crippen LogP contribution is -2.24. The van der Waals surface area contributed by atoms with Crippen molar-refractivity contribution in [3.63, 3.8) is 0 Å². The second-order valence-corrected chi connectivity index (χ2v) is 3.89. The first-order valence-electron chi connectivity index (χ1n) is 4.25. The summed E-state index contributed by atoms with van der Waals surface area (Å²) < 4.78 is 5.24. The first-order chi connectivity index (χ1) is 7.41. The molecule has 0 atom stereocenters. The van der Waals surface area contributed by atoms with Gasteiger partial charge in [-0.2, -0.15) is 0 Å². The number of benzene rings is 1. The van der Waals surface area contributed by atoms with E-state index in [0.29, 0.717) is 5.75 Å². The molecule has 0 aliphatic rings. The number of halogens is 1. The van der Waals surface area contributed by atoms with E-state index in [1.54, 1.807) is 19.0 Å². The van der Waals surface area contributed by atoms with Gasteiger partial charge in [0.1, 0.15) is 10.8 Å². The van der Waals surface area contributed by atoms with Gasteiger partial charge in [0.25, 0.3) is 10.9 Å². The van der Waals surface area contributed by atoms with Gasteiger partial charge in [0.05, 0.1) is 4.92 Å². The highest BCUT2D eigenvalue weighted by atomic mass is 35.5. The molecular weight excluding hydrogens is 252 g/mol. The molecule has 0 fully saturated rings. The molecule has 16 heavy (non-hydrogen) atoms. The maximum atomic E-state index is 10.5. The van der Waals surface area contributed by atoms with E-state index < -0.39 is 4.92 Å². The van der Waals surface area contributed by atoms with Crippen molar-refractivity contribution in [3.8, 4) is 5.75 Å². The predicted octanol–water partition coefficient (Wildman–Crippen LogP) is 2.47. The molecule has 7 heteroatoms. The van der Waals surface area contributed by atoms with Crippen LogP contribution in [0.2, 0.25) is 5.02 Å². The van der Waals surface area contributed by atoms with Gasteiger partial charge < -0.3 is 9.64 Å². The van der Waals surface area contributed by atoms with Gasteiger partial charge in [-0.05, 0) is 18.3 Å². The number of thiocarbonyl (C=S) groups is 1. The van der Waals surface area contributed by atoms with Crippen molar-refractivity contribution in [1.29, 1.82) is 0 Å². The van der Waals surface area contributed by atoms with Crippen LogP contribution in [0.25, 0.3) is 0 Å². The number of hydrogen-bond acceptors (Lipinski definition) is 4. The van der Waals surface area contributed by atoms with Crippen LogP contribution in [0.15, 0.2) is 18.2 Å². The standard InChI is InChI=1S/C9H9ClN2O3S/c1-11(2)9(16)15-6-3-4-8(12(13)14)7(10)5-6/h3-5H,1-2H3. The zero-order chi connectivity index (χ0) is 12.3. The molecule has 0 heterocycles. The Hall–Kier alpha value is -1.40. The van der Waals surface area contributed by atoms with Crippen molar-refractivity contribution in [2.45, 2.75) is 0 Å². The molecule has 0 amide bonds. The zero-order valence-electron chi connectivity index (χ0n) is 8.64. The Kier molecular flexibility index (Phi) is 4.03. The first kappa shape index (κ1) is 12.7. The number of nitro groups is 1. The highest BCUT2D eigenvalue weighted by Gasteiger charge is 2.13. The summed E-state index contributed by atoms with van der Waals surface area (Å²) >= 11 is 10.6. The number of nitro benzene ring substituents is 1. The Morgan fingerprint density at radius 2 is 2.19 bits per heavy atom. The van der Waals surface area contributed by atoms with E-state index in [1.807, 2.05) is 0 Å². The summed E-state index contributed by atoms with van der Waals surface area (Å²) in [5.41, 5.74) is -0.162. The Balaban J connectivity index is 2.90. The van der Waals surface area contributed by atoms with E-state index in [-0.39, 0.29) is 15.9 Å². The number of ether oxygens (including phenoxy) is 1. The number of rotatable bonds is 2. The Morgan fingerprint density at radius 1 is 1.56 bits per heavy atom. The largest absolute Gasteiger partial charge is 0.432 e. The lowest BCUT2D eigenvalue weighted by molar-refractivity contribution is -0.384. The van der Waals surface area contributed by atoms with E-state index in [0.717, 1.165) is 0 Å². The Labute approximate surface area is 103 Å². The summed E-state index contributed by atoms with van der Waals surface area (Å²) in [6, 6.07) is 4.07. The average molecular weight is 261 g/mol. The van der Waals surface area contributed by atoms with Crippen molar-refractivity contribution >= 4 is 34.7 Å². The third-order valence-electron chi connectivity index (χ3n) is 1.69. The number of hydrogen-bond donors (Lipinski definition) is 0. The molecule has 0 aromatic heterocycles. The summed E-state index contributed by atoms with van der Waals surface area (Å²) in [5, 5.41) is 10.8. The molecule has 1 aromatic carbocycles. The first-order valence-corrected chi connectivity index (χ1v) is 5.03. The summed E-state index contributed by atoms with van der Waals surface area (Å²) in [4.78, 5) is 11.6. The summed E-state index contributed by atoms with van der Waals surface area (Å²) in [6.07, 6.45) is 0. The van der Waals surface area contributed by atoms with Gasteiger partial charge >= 0.3 is 0 Å². The second-order valence-electron chi connectivity index (χ2n) is 3.13. The zero-order valence-corrected chi connectivity index (χ0v) is 10.2. The molecule has 0 saturated heterocycles. The molecule has 86 valence electrons. The molecule has 0 saturated carbocycles. The van der Waals surface area contributed by atoms with Gasteiger partial charge in [-0.3, -0.25) is 10.1 Å². The molecule has 0 spiro atoms. The molecule has 0 unspecified atom stereocenters. The molecular formula is C9H9ClN2O3S. The third kappa shape index (κ3) is 3.04. The van der Waals surface area contributed by atoms with Crippen LogP contribution < -0.4 is 4.74 Å². The highest BCUT2D eigenvalue weighted by Crippen LogP contribution is 2.28. The van der Waals surface area contributed by atoms with E-state index in [2.05, 4.69) is 0 Å². The summed E-state index contributed by atoms with van der Waals surface area (Å²) in [5.74, 6) is 0.370. The molecule has 0 aliphatic carbocycles. The van der Waals surface area contributed by atoms with Crippen LogP contribution in [0, 0.1) is 10.1 Å². The molecule has 1 rings (SSSR count). The Bertz CT molecular complexity index is 437. The maximum absolute atomic E-state index is 10.5. The predicted molar refractivity (Wildman–Crippen MR) is 65.0 cm³/mol. The topological polar surface area (TPSA) is 55.6 Å². The van der Waals surface area contributed by atoms with E-state index in [1.165, 1.54) is 18.2 Å². The van der Waals surface area contributed by atoms with Gasteiger partial charge in [-0.15, -0.1) is 0 Å². The molecule has 5 nitrogen and oxygen atoms in total. The Morgan fingerprint density at radius 3 is 2.62 bits per heavy atom. The fourth-order valence-electron chi connectivity index (χ4n) is 0.891. The van der Waals surface area contributed by atoms with Crippen LogP contribution in [-0.4, -0.2) is 29.1 Å². The van der Waals surface area contributed by atoms with Crippen LogP contribution in [0.4, 0.5) is 5.69 Å². The van der Waals surface area contributed by atoms with Crippen molar-refractivity contribution in [3.05, 3.63) is 33.3 Å². The highest BCUT2D eigenvalue weighted by molar-refractivity contribution is 7.80. The van der Waals surface area contributed by atoms with E-state index >= 15 is 0 Å². The molecule has 0 bridgehead atoms. The lowest BCUT2D eigenvalue weighted by atomic mass is 10.3. The van der Waals surface area contributed by atoms with Crippen molar-refractivity contribution in [2.75, 3.05) is 14.1 Å². The average Bonchev–Trinajstić information content (AvgIpc) is 2.16. The van der Waals surface area contributed by atoms with Crippen LogP contribution >= 0.6 is 23.8 Å². The monoisotopic (exact) mass is 260 g/mol. The van der Waals surface area contributed by atoms with Gasteiger partial charge in [0.15, 0.2) is 0 Å². The van der Waals surface area contributed by atoms with Crippen molar-refractivity contribution < 1.29 is 9.66 Å². The molecule has 0 N–H and O–H groups in total. The molecule has 1 aromatic rings. The van der Waals surface area contributed by atoms with Gasteiger partial charge in [-0.25, -0.2) is 0 Å². The quantitative estimate of drug-likeness (QED) is 0.464. The SMILES string of the molecule is CN(C)C(=S)Oc1ccc([N+](=O)[O-])c(Cl)c1. The minimum Gasteiger partial charge on any atom is -0.432 e. The fourth-order valence-corrected chi connectivity index (χ4v) is 1.23. The molecule has 0 aliphatic heterocycles. The van der Waals surface area contributed by atoms with Crippen molar-refractivity contribution in [1.82, 2.24) is 4.90 Å². The minimum absolute atomic E-state index is 0.0176. The van der Waals surface area contributed by atoms with Crippen LogP contribution in [0.1, 0.15) is 0 Å². The van der Waals surface area contributed by atoms with Gasteiger partial charge in [-0.1, -0.05) is 11.6 Å². The lowest BCUT2D eigenvalue weighted by Gasteiger charge is -2.13. The van der Waals surface area contributed by atoms with Gasteiger partial charge in [0, 0.05) is 26.2 Å². The summed E-state index contributed by atoms with van der Waals surface area (Å²) in [7, 11) is 3.46. The minimum atomic E-state index is -0.559. The van der Waals surface area contributed by atoms with Gasteiger partial charge in [0.2, 0.25) is 0 Å². The molecule has 0 radical (unpaired) electrons. The summed E-state index contributed by atoms with van der Waals surface area (Å²) in [6.45, 7) is 0. The van der Waals surface area contributed by atoms with E-state index in [9.17, 15) is 10.1 Å². The maximum Gasteiger partial charge on any atom is 0.288 e. The van der Waals surface area contributed by atoms with Crippen LogP contribution in [0.5, 0.6) is 5.75 Å². The number of nitrogens with zero attached hydrogens (tertiary/aromatic N) is 2. The normalized spacial score (nSPS) is 9.69.